The fourth-order valence-corrected chi connectivity index (χ4v) is 3.75. The number of hydrogen-bond donors (Lipinski definition) is 0. The average Bonchev–Trinajstić information content (AvgIpc) is 3.33. The molecule has 0 saturated heterocycles. The van der Waals surface area contributed by atoms with E-state index in [9.17, 15) is 4.79 Å². The van der Waals surface area contributed by atoms with Crippen LogP contribution in [0.5, 0.6) is 11.5 Å². The van der Waals surface area contributed by atoms with E-state index in [0.29, 0.717) is 23.6 Å². The van der Waals surface area contributed by atoms with Crippen LogP contribution in [0.4, 0.5) is 0 Å². The van der Waals surface area contributed by atoms with Gasteiger partial charge in [-0.1, -0.05) is 24.1 Å². The van der Waals surface area contributed by atoms with Gasteiger partial charge in [0, 0.05) is 12.6 Å². The van der Waals surface area contributed by atoms with Crippen LogP contribution in [0.1, 0.15) is 53.1 Å². The molecular formula is C19H22N2O4. The first-order valence-electron chi connectivity index (χ1n) is 8.76. The molecule has 4 rings (SSSR count). The molecule has 2 aliphatic rings. The average molecular weight is 342 g/mol. The molecule has 0 radical (unpaired) electrons. The molecule has 0 spiro atoms. The predicted molar refractivity (Wildman–Crippen MR) is 90.7 cm³/mol. The van der Waals surface area contributed by atoms with E-state index >= 15 is 0 Å². The third-order valence-corrected chi connectivity index (χ3v) is 5.06. The zero-order valence-electron chi connectivity index (χ0n) is 14.6. The van der Waals surface area contributed by atoms with Crippen molar-refractivity contribution in [3.63, 3.8) is 0 Å². The van der Waals surface area contributed by atoms with Gasteiger partial charge in [-0.05, 0) is 44.4 Å². The van der Waals surface area contributed by atoms with E-state index in [4.69, 9.17) is 14.0 Å². The van der Waals surface area contributed by atoms with Crippen LogP contribution in [0.2, 0.25) is 0 Å². The standard InChI is InChI=1S/C19H22N2O4/c1-12-18(13(2)25-20-12)19(22)21(15-5-3-4-6-15)10-14-7-8-16-17(9-14)24-11-23-16/h7-9,15H,3-6,10-11H2,1-2H3. The molecule has 132 valence electrons. The van der Waals surface area contributed by atoms with Gasteiger partial charge in [-0.3, -0.25) is 4.79 Å². The smallest absolute Gasteiger partial charge is 0.259 e. The van der Waals surface area contributed by atoms with Gasteiger partial charge < -0.3 is 18.9 Å². The Morgan fingerprint density at radius 2 is 1.96 bits per heavy atom. The molecule has 0 atom stereocenters. The van der Waals surface area contributed by atoms with Gasteiger partial charge in [-0.25, -0.2) is 0 Å². The molecule has 6 heteroatoms. The highest BCUT2D eigenvalue weighted by molar-refractivity contribution is 5.96. The molecule has 6 nitrogen and oxygen atoms in total. The summed E-state index contributed by atoms with van der Waals surface area (Å²) in [6, 6.07) is 6.12. The molecular weight excluding hydrogens is 320 g/mol. The number of amides is 1. The van der Waals surface area contributed by atoms with Crippen LogP contribution >= 0.6 is 0 Å². The van der Waals surface area contributed by atoms with E-state index in [2.05, 4.69) is 5.16 Å². The maximum absolute atomic E-state index is 13.2. The number of aromatic nitrogens is 1. The van der Waals surface area contributed by atoms with Gasteiger partial charge in [0.1, 0.15) is 11.3 Å². The van der Waals surface area contributed by atoms with Crippen molar-refractivity contribution in [3.8, 4) is 11.5 Å². The summed E-state index contributed by atoms with van der Waals surface area (Å²) in [5.41, 5.74) is 2.28. The molecule has 2 aromatic rings. The van der Waals surface area contributed by atoms with Crippen LogP contribution < -0.4 is 9.47 Å². The Morgan fingerprint density at radius 1 is 1.20 bits per heavy atom. The summed E-state index contributed by atoms with van der Waals surface area (Å²) in [5.74, 6) is 2.08. The van der Waals surface area contributed by atoms with Gasteiger partial charge in [0.05, 0.1) is 5.69 Å². The van der Waals surface area contributed by atoms with E-state index in [1.807, 2.05) is 30.0 Å². The van der Waals surface area contributed by atoms with Crippen molar-refractivity contribution in [1.82, 2.24) is 10.1 Å². The lowest BCUT2D eigenvalue weighted by atomic mass is 10.1. The third kappa shape index (κ3) is 2.97. The van der Waals surface area contributed by atoms with E-state index in [0.717, 1.165) is 42.7 Å². The monoisotopic (exact) mass is 342 g/mol. The zero-order valence-corrected chi connectivity index (χ0v) is 14.6. The largest absolute Gasteiger partial charge is 0.454 e. The molecule has 1 fully saturated rings. The van der Waals surface area contributed by atoms with Crippen molar-refractivity contribution >= 4 is 5.91 Å². The number of benzene rings is 1. The Hall–Kier alpha value is -2.50. The molecule has 0 N–H and O–H groups in total. The lowest BCUT2D eigenvalue weighted by Crippen LogP contribution is -2.38. The van der Waals surface area contributed by atoms with Gasteiger partial charge in [-0.15, -0.1) is 0 Å². The van der Waals surface area contributed by atoms with Crippen LogP contribution in [0.25, 0.3) is 0 Å². The van der Waals surface area contributed by atoms with Crippen molar-refractivity contribution in [2.24, 2.45) is 0 Å². The second kappa shape index (κ2) is 6.43. The number of fused-ring (bicyclic) bond motifs is 1. The summed E-state index contributed by atoms with van der Waals surface area (Å²) in [7, 11) is 0. The molecule has 1 amide bonds. The fraction of sp³-hybridized carbons (Fsp3) is 0.474. The number of ether oxygens (including phenoxy) is 2. The molecule has 1 aliphatic heterocycles. The topological polar surface area (TPSA) is 64.8 Å². The highest BCUT2D eigenvalue weighted by atomic mass is 16.7. The summed E-state index contributed by atoms with van der Waals surface area (Å²) in [5, 5.41) is 3.94. The van der Waals surface area contributed by atoms with Crippen LogP contribution in [-0.2, 0) is 6.54 Å². The minimum atomic E-state index is 0.000756. The lowest BCUT2D eigenvalue weighted by Gasteiger charge is -2.29. The SMILES string of the molecule is Cc1noc(C)c1C(=O)N(Cc1ccc2c(c1)OCO2)C1CCCC1. The van der Waals surface area contributed by atoms with Crippen LogP contribution in [-0.4, -0.2) is 28.8 Å². The van der Waals surface area contributed by atoms with Crippen LogP contribution in [0, 0.1) is 13.8 Å². The second-order valence-electron chi connectivity index (χ2n) is 6.76. The number of carbonyl (C=O) groups is 1. The summed E-state index contributed by atoms with van der Waals surface area (Å²) in [6.07, 6.45) is 4.41. The van der Waals surface area contributed by atoms with Crippen molar-refractivity contribution in [1.29, 1.82) is 0 Å². The molecule has 2 heterocycles. The summed E-state index contributed by atoms with van der Waals surface area (Å²) in [4.78, 5) is 15.2. The molecule has 25 heavy (non-hydrogen) atoms. The minimum Gasteiger partial charge on any atom is -0.454 e. The molecule has 1 saturated carbocycles. The second-order valence-corrected chi connectivity index (χ2v) is 6.76. The molecule has 1 aromatic heterocycles. The molecule has 0 bridgehead atoms. The normalized spacial score (nSPS) is 16.4. The van der Waals surface area contributed by atoms with E-state index in [-0.39, 0.29) is 18.7 Å². The highest BCUT2D eigenvalue weighted by Gasteiger charge is 2.31. The van der Waals surface area contributed by atoms with Gasteiger partial charge in [0.25, 0.3) is 5.91 Å². The summed E-state index contributed by atoms with van der Waals surface area (Å²) < 4.78 is 16.0. The molecule has 0 unspecified atom stereocenters. The predicted octanol–water partition coefficient (Wildman–Crippen LogP) is 3.61. The Balaban J connectivity index is 1.63. The van der Waals surface area contributed by atoms with Crippen LogP contribution in [0.3, 0.4) is 0 Å². The van der Waals surface area contributed by atoms with Gasteiger partial charge in [-0.2, -0.15) is 0 Å². The fourth-order valence-electron chi connectivity index (χ4n) is 3.75. The van der Waals surface area contributed by atoms with Gasteiger partial charge in [0.2, 0.25) is 6.79 Å². The third-order valence-electron chi connectivity index (χ3n) is 5.06. The van der Waals surface area contributed by atoms with E-state index in [1.165, 1.54) is 0 Å². The number of carbonyl (C=O) groups excluding carboxylic acids is 1. The number of nitrogens with zero attached hydrogens (tertiary/aromatic N) is 2. The summed E-state index contributed by atoms with van der Waals surface area (Å²) >= 11 is 0. The minimum absolute atomic E-state index is 0.000756. The maximum Gasteiger partial charge on any atom is 0.259 e. The van der Waals surface area contributed by atoms with Crippen molar-refractivity contribution < 1.29 is 18.8 Å². The first kappa shape index (κ1) is 16.0. The Labute approximate surface area is 146 Å². The van der Waals surface area contributed by atoms with Crippen molar-refractivity contribution in [2.75, 3.05) is 6.79 Å². The lowest BCUT2D eigenvalue weighted by molar-refractivity contribution is 0.0662. The zero-order chi connectivity index (χ0) is 17.4. The Bertz CT molecular complexity index is 773. The summed E-state index contributed by atoms with van der Waals surface area (Å²) in [6.45, 7) is 4.41. The Morgan fingerprint density at radius 3 is 2.68 bits per heavy atom. The van der Waals surface area contributed by atoms with Crippen molar-refractivity contribution in [3.05, 3.63) is 40.8 Å². The highest BCUT2D eigenvalue weighted by Crippen LogP contribution is 2.34. The van der Waals surface area contributed by atoms with Gasteiger partial charge in [0.15, 0.2) is 11.5 Å². The first-order valence-corrected chi connectivity index (χ1v) is 8.76. The maximum atomic E-state index is 13.2. The van der Waals surface area contributed by atoms with E-state index < -0.39 is 0 Å². The number of hydrogen-bond acceptors (Lipinski definition) is 5. The quantitative estimate of drug-likeness (QED) is 0.849. The van der Waals surface area contributed by atoms with Gasteiger partial charge >= 0.3 is 0 Å². The number of aryl methyl sites for hydroxylation is 2. The van der Waals surface area contributed by atoms with E-state index in [1.54, 1.807) is 6.92 Å². The molecule has 1 aromatic carbocycles. The Kier molecular flexibility index (Phi) is 4.11. The number of rotatable bonds is 4. The van der Waals surface area contributed by atoms with Crippen molar-refractivity contribution in [2.45, 2.75) is 52.1 Å². The van der Waals surface area contributed by atoms with Crippen LogP contribution in [0.15, 0.2) is 22.7 Å². The molecule has 1 aliphatic carbocycles. The first-order chi connectivity index (χ1) is 12.1.